The fourth-order valence-electron chi connectivity index (χ4n) is 2.34. The molecule has 2 aromatic carbocycles. The van der Waals surface area contributed by atoms with Gasteiger partial charge in [-0.25, -0.2) is 0 Å². The molecule has 0 heterocycles. The summed E-state index contributed by atoms with van der Waals surface area (Å²) < 4.78 is 6.00. The van der Waals surface area contributed by atoms with E-state index in [0.29, 0.717) is 6.61 Å². The molecule has 3 heteroatoms. The summed E-state index contributed by atoms with van der Waals surface area (Å²) >= 11 is 5.89. The van der Waals surface area contributed by atoms with Crippen molar-refractivity contribution in [2.24, 2.45) is 0 Å². The van der Waals surface area contributed by atoms with Gasteiger partial charge in [0.25, 0.3) is 0 Å². The summed E-state index contributed by atoms with van der Waals surface area (Å²) in [6.45, 7) is 7.83. The van der Waals surface area contributed by atoms with Gasteiger partial charge in [0.15, 0.2) is 0 Å². The van der Waals surface area contributed by atoms with E-state index in [0.717, 1.165) is 17.1 Å². The smallest absolute Gasteiger partial charge is 0.127 e. The fourth-order valence-corrected chi connectivity index (χ4v) is 2.47. The Morgan fingerprint density at radius 2 is 1.86 bits per heavy atom. The van der Waals surface area contributed by atoms with E-state index in [9.17, 15) is 0 Å². The highest BCUT2D eigenvalue weighted by Crippen LogP contribution is 2.20. The number of nitrogens with zero attached hydrogens (tertiary/aromatic N) is 1. The van der Waals surface area contributed by atoms with Gasteiger partial charge >= 0.3 is 0 Å². The summed E-state index contributed by atoms with van der Waals surface area (Å²) in [7, 11) is 0. The van der Waals surface area contributed by atoms with Gasteiger partial charge in [-0.1, -0.05) is 35.9 Å². The molecule has 1 unspecified atom stereocenters. The van der Waals surface area contributed by atoms with Crippen molar-refractivity contribution in [1.29, 1.82) is 0 Å². The number of hydrogen-bond acceptors (Lipinski definition) is 2. The normalized spacial score (nSPS) is 12.2. The SMILES string of the molecule is CCN(c1cccc(C)c1)C(C)OCc1ccc(Cl)cc1. The lowest BCUT2D eigenvalue weighted by Gasteiger charge is -2.30. The van der Waals surface area contributed by atoms with Crippen LogP contribution in [0.4, 0.5) is 5.69 Å². The Bertz CT molecular complexity index is 568. The number of hydrogen-bond donors (Lipinski definition) is 0. The zero-order valence-electron chi connectivity index (χ0n) is 12.8. The number of aryl methyl sites for hydroxylation is 1. The van der Waals surface area contributed by atoms with Crippen molar-refractivity contribution in [3.8, 4) is 0 Å². The summed E-state index contributed by atoms with van der Waals surface area (Å²) in [5, 5.41) is 0.752. The third kappa shape index (κ3) is 4.48. The van der Waals surface area contributed by atoms with Crippen LogP contribution in [0.3, 0.4) is 0 Å². The highest BCUT2D eigenvalue weighted by Gasteiger charge is 2.13. The number of rotatable bonds is 6. The van der Waals surface area contributed by atoms with Gasteiger partial charge in [-0.15, -0.1) is 0 Å². The molecule has 112 valence electrons. The molecule has 0 aliphatic rings. The lowest BCUT2D eigenvalue weighted by Crippen LogP contribution is -2.34. The van der Waals surface area contributed by atoms with E-state index in [4.69, 9.17) is 16.3 Å². The molecule has 21 heavy (non-hydrogen) atoms. The topological polar surface area (TPSA) is 12.5 Å². The molecule has 0 radical (unpaired) electrons. The van der Waals surface area contributed by atoms with Crippen molar-refractivity contribution in [3.05, 3.63) is 64.7 Å². The highest BCUT2D eigenvalue weighted by molar-refractivity contribution is 6.30. The van der Waals surface area contributed by atoms with Crippen LogP contribution < -0.4 is 4.90 Å². The monoisotopic (exact) mass is 303 g/mol. The van der Waals surface area contributed by atoms with Crippen LogP contribution in [0.15, 0.2) is 48.5 Å². The molecule has 0 saturated heterocycles. The quantitative estimate of drug-likeness (QED) is 0.693. The van der Waals surface area contributed by atoms with Gasteiger partial charge in [0.2, 0.25) is 0 Å². The zero-order chi connectivity index (χ0) is 15.2. The Morgan fingerprint density at radius 1 is 1.14 bits per heavy atom. The van der Waals surface area contributed by atoms with Gasteiger partial charge in [-0.3, -0.25) is 0 Å². The first-order valence-electron chi connectivity index (χ1n) is 7.29. The van der Waals surface area contributed by atoms with Crippen LogP contribution in [0.2, 0.25) is 5.02 Å². The molecule has 0 aliphatic carbocycles. The van der Waals surface area contributed by atoms with Crippen LogP contribution in [-0.2, 0) is 11.3 Å². The second-order valence-electron chi connectivity index (χ2n) is 5.16. The molecule has 0 spiro atoms. The third-order valence-electron chi connectivity index (χ3n) is 3.52. The average molecular weight is 304 g/mol. The standard InChI is InChI=1S/C18H22ClNO/c1-4-20(18-7-5-6-14(2)12-18)15(3)21-13-16-8-10-17(19)11-9-16/h5-12,15H,4,13H2,1-3H3. The Morgan fingerprint density at radius 3 is 2.48 bits per heavy atom. The largest absolute Gasteiger partial charge is 0.354 e. The van der Waals surface area contributed by atoms with Gasteiger partial charge in [0.05, 0.1) is 6.61 Å². The average Bonchev–Trinajstić information content (AvgIpc) is 2.47. The molecule has 0 aromatic heterocycles. The van der Waals surface area contributed by atoms with Gasteiger partial charge in [-0.2, -0.15) is 0 Å². The first-order chi connectivity index (χ1) is 10.1. The first kappa shape index (κ1) is 15.9. The Labute approximate surface area is 132 Å². The minimum absolute atomic E-state index is 0.0208. The lowest BCUT2D eigenvalue weighted by molar-refractivity contribution is 0.0512. The number of halogens is 1. The molecule has 0 N–H and O–H groups in total. The van der Waals surface area contributed by atoms with Crippen molar-refractivity contribution in [1.82, 2.24) is 0 Å². The molecule has 2 nitrogen and oxygen atoms in total. The van der Waals surface area contributed by atoms with Gasteiger partial charge in [-0.05, 0) is 56.2 Å². The van der Waals surface area contributed by atoms with Crippen LogP contribution in [0.25, 0.3) is 0 Å². The zero-order valence-corrected chi connectivity index (χ0v) is 13.6. The molecule has 0 fully saturated rings. The molecular weight excluding hydrogens is 282 g/mol. The first-order valence-corrected chi connectivity index (χ1v) is 7.67. The van der Waals surface area contributed by atoms with Crippen LogP contribution >= 0.6 is 11.6 Å². The Hall–Kier alpha value is -1.51. The lowest BCUT2D eigenvalue weighted by atomic mass is 10.2. The maximum Gasteiger partial charge on any atom is 0.127 e. The van der Waals surface area contributed by atoms with Crippen molar-refractivity contribution in [2.45, 2.75) is 33.6 Å². The van der Waals surface area contributed by atoms with E-state index in [-0.39, 0.29) is 6.23 Å². The van der Waals surface area contributed by atoms with Gasteiger partial charge in [0.1, 0.15) is 6.23 Å². The summed E-state index contributed by atoms with van der Waals surface area (Å²) in [5.74, 6) is 0. The minimum Gasteiger partial charge on any atom is -0.354 e. The number of ether oxygens (including phenoxy) is 1. The van der Waals surface area contributed by atoms with E-state index < -0.39 is 0 Å². The third-order valence-corrected chi connectivity index (χ3v) is 3.77. The Balaban J connectivity index is 2.00. The molecule has 0 aliphatic heterocycles. The second-order valence-corrected chi connectivity index (χ2v) is 5.60. The second kappa shape index (κ2) is 7.48. The minimum atomic E-state index is 0.0208. The number of anilines is 1. The van der Waals surface area contributed by atoms with E-state index >= 15 is 0 Å². The maximum atomic E-state index is 6.00. The van der Waals surface area contributed by atoms with Crippen LogP contribution in [0, 0.1) is 6.92 Å². The summed E-state index contributed by atoms with van der Waals surface area (Å²) in [5.41, 5.74) is 3.59. The molecule has 0 saturated carbocycles. The van der Waals surface area contributed by atoms with E-state index in [2.05, 4.69) is 49.9 Å². The van der Waals surface area contributed by atoms with Crippen LogP contribution in [0.1, 0.15) is 25.0 Å². The Kier molecular flexibility index (Phi) is 5.66. The maximum absolute atomic E-state index is 6.00. The molecule has 2 rings (SSSR count). The molecule has 2 aromatic rings. The van der Waals surface area contributed by atoms with E-state index in [1.165, 1.54) is 11.3 Å². The van der Waals surface area contributed by atoms with Crippen molar-refractivity contribution >= 4 is 17.3 Å². The van der Waals surface area contributed by atoms with Gasteiger partial charge < -0.3 is 9.64 Å². The van der Waals surface area contributed by atoms with Crippen LogP contribution in [-0.4, -0.2) is 12.8 Å². The van der Waals surface area contributed by atoms with Crippen LogP contribution in [0.5, 0.6) is 0 Å². The fraction of sp³-hybridized carbons (Fsp3) is 0.333. The number of benzene rings is 2. The van der Waals surface area contributed by atoms with Crippen molar-refractivity contribution < 1.29 is 4.74 Å². The predicted octanol–water partition coefficient (Wildman–Crippen LogP) is 5.04. The molecule has 1 atom stereocenters. The van der Waals surface area contributed by atoms with Crippen molar-refractivity contribution in [2.75, 3.05) is 11.4 Å². The molecular formula is C18H22ClNO. The van der Waals surface area contributed by atoms with Crippen molar-refractivity contribution in [3.63, 3.8) is 0 Å². The van der Waals surface area contributed by atoms with E-state index in [1.54, 1.807) is 0 Å². The highest BCUT2D eigenvalue weighted by atomic mass is 35.5. The molecule has 0 amide bonds. The summed E-state index contributed by atoms with van der Waals surface area (Å²) in [4.78, 5) is 2.25. The predicted molar refractivity (Wildman–Crippen MR) is 89.9 cm³/mol. The molecule has 0 bridgehead atoms. The summed E-state index contributed by atoms with van der Waals surface area (Å²) in [6, 6.07) is 16.3. The van der Waals surface area contributed by atoms with E-state index in [1.807, 2.05) is 24.3 Å². The summed E-state index contributed by atoms with van der Waals surface area (Å²) in [6.07, 6.45) is 0.0208. The van der Waals surface area contributed by atoms with Gasteiger partial charge in [0, 0.05) is 17.3 Å².